The summed E-state index contributed by atoms with van der Waals surface area (Å²) in [6, 6.07) is 5.88. The maximum atomic E-state index is 11.8. The number of anilines is 1. The van der Waals surface area contributed by atoms with Gasteiger partial charge in [0.2, 0.25) is 5.91 Å². The van der Waals surface area contributed by atoms with Crippen molar-refractivity contribution in [3.63, 3.8) is 0 Å². The molecule has 20 heavy (non-hydrogen) atoms. The van der Waals surface area contributed by atoms with E-state index in [4.69, 9.17) is 0 Å². The minimum absolute atomic E-state index is 0.0247. The van der Waals surface area contributed by atoms with Crippen LogP contribution in [-0.2, 0) is 21.4 Å². The molecule has 1 aliphatic carbocycles. The fourth-order valence-electron chi connectivity index (χ4n) is 3.61. The number of nitrogens with zero attached hydrogens (tertiary/aromatic N) is 1. The zero-order chi connectivity index (χ0) is 14.3. The van der Waals surface area contributed by atoms with Gasteiger partial charge in [0.05, 0.1) is 5.41 Å². The van der Waals surface area contributed by atoms with E-state index in [0.717, 1.165) is 36.1 Å². The summed E-state index contributed by atoms with van der Waals surface area (Å²) in [5.41, 5.74) is 2.15. The number of aliphatic carboxylic acids is 1. The maximum absolute atomic E-state index is 11.8. The first-order chi connectivity index (χ1) is 9.54. The summed E-state index contributed by atoms with van der Waals surface area (Å²) in [5, 5.41) is 9.66. The fourth-order valence-corrected chi connectivity index (χ4v) is 3.61. The first-order valence-electron chi connectivity index (χ1n) is 7.19. The van der Waals surface area contributed by atoms with E-state index >= 15 is 0 Å². The predicted octanol–water partition coefficient (Wildman–Crippen LogP) is 2.49. The molecule has 3 rings (SSSR count). The van der Waals surface area contributed by atoms with Crippen LogP contribution in [0.2, 0.25) is 0 Å². The summed E-state index contributed by atoms with van der Waals surface area (Å²) in [6.07, 6.45) is 4.16. The van der Waals surface area contributed by atoms with Gasteiger partial charge in [0.15, 0.2) is 0 Å². The molecule has 1 N–H and O–H groups in total. The molecular weight excluding hydrogens is 254 g/mol. The van der Waals surface area contributed by atoms with Gasteiger partial charge in [-0.15, -0.1) is 0 Å². The van der Waals surface area contributed by atoms with Crippen molar-refractivity contribution >= 4 is 17.6 Å². The van der Waals surface area contributed by atoms with Crippen molar-refractivity contribution in [3.8, 4) is 0 Å². The standard InChI is InChI=1S/C16H19NO3/c1-11(18)17-9-6-12-4-5-13(10-14(12)17)16(15(19)20)7-2-3-8-16/h4-5,10H,2-3,6-9H2,1H3,(H,19,20). The van der Waals surface area contributed by atoms with Gasteiger partial charge in [-0.2, -0.15) is 0 Å². The number of carboxylic acid groups (broad SMARTS) is 1. The number of carbonyl (C=O) groups excluding carboxylic acids is 1. The van der Waals surface area contributed by atoms with Crippen LogP contribution in [-0.4, -0.2) is 23.5 Å². The molecule has 1 heterocycles. The molecule has 1 aromatic carbocycles. The summed E-state index contributed by atoms with van der Waals surface area (Å²) in [5.74, 6) is -0.709. The summed E-state index contributed by atoms with van der Waals surface area (Å²) in [7, 11) is 0. The second-order valence-electron chi connectivity index (χ2n) is 5.86. The Labute approximate surface area is 118 Å². The van der Waals surface area contributed by atoms with Crippen LogP contribution in [0.5, 0.6) is 0 Å². The first-order valence-corrected chi connectivity index (χ1v) is 7.19. The second-order valence-corrected chi connectivity index (χ2v) is 5.86. The smallest absolute Gasteiger partial charge is 0.314 e. The third-order valence-electron chi connectivity index (χ3n) is 4.78. The van der Waals surface area contributed by atoms with Crippen LogP contribution >= 0.6 is 0 Å². The third kappa shape index (κ3) is 1.82. The lowest BCUT2D eigenvalue weighted by atomic mass is 9.78. The van der Waals surface area contributed by atoms with Crippen molar-refractivity contribution in [2.75, 3.05) is 11.4 Å². The molecule has 0 spiro atoms. The molecular formula is C16H19NO3. The van der Waals surface area contributed by atoms with Crippen molar-refractivity contribution in [1.29, 1.82) is 0 Å². The van der Waals surface area contributed by atoms with E-state index in [1.165, 1.54) is 0 Å². The average Bonchev–Trinajstić information content (AvgIpc) is 3.05. The third-order valence-corrected chi connectivity index (χ3v) is 4.78. The van der Waals surface area contributed by atoms with E-state index in [9.17, 15) is 14.7 Å². The molecule has 0 saturated heterocycles. The molecule has 2 aliphatic rings. The first kappa shape index (κ1) is 13.2. The van der Waals surface area contributed by atoms with Gasteiger partial charge in [0.1, 0.15) is 0 Å². The summed E-state index contributed by atoms with van der Waals surface area (Å²) in [4.78, 5) is 25.2. The van der Waals surface area contributed by atoms with Gasteiger partial charge in [-0.3, -0.25) is 9.59 Å². The Kier molecular flexibility index (Phi) is 3.04. The Hall–Kier alpha value is -1.84. The molecule has 1 fully saturated rings. The van der Waals surface area contributed by atoms with E-state index in [2.05, 4.69) is 0 Å². The van der Waals surface area contributed by atoms with Crippen molar-refractivity contribution in [1.82, 2.24) is 0 Å². The lowest BCUT2D eigenvalue weighted by Crippen LogP contribution is -2.33. The van der Waals surface area contributed by atoms with Gasteiger partial charge in [0.25, 0.3) is 0 Å². The van der Waals surface area contributed by atoms with Crippen molar-refractivity contribution in [2.24, 2.45) is 0 Å². The van der Waals surface area contributed by atoms with Crippen LogP contribution in [0.1, 0.15) is 43.7 Å². The Balaban J connectivity index is 2.06. The van der Waals surface area contributed by atoms with Crippen LogP contribution in [0, 0.1) is 0 Å². The molecule has 0 atom stereocenters. The second kappa shape index (κ2) is 4.62. The Morgan fingerprint density at radius 2 is 1.95 bits per heavy atom. The molecule has 0 bridgehead atoms. The highest BCUT2D eigenvalue weighted by Crippen LogP contribution is 2.43. The van der Waals surface area contributed by atoms with Gasteiger partial charge < -0.3 is 10.0 Å². The quantitative estimate of drug-likeness (QED) is 0.900. The van der Waals surface area contributed by atoms with E-state index in [1.54, 1.807) is 11.8 Å². The number of benzene rings is 1. The zero-order valence-corrected chi connectivity index (χ0v) is 11.7. The highest BCUT2D eigenvalue weighted by molar-refractivity contribution is 5.94. The number of rotatable bonds is 2. The van der Waals surface area contributed by atoms with Crippen LogP contribution in [0.15, 0.2) is 18.2 Å². The number of carbonyl (C=O) groups is 2. The van der Waals surface area contributed by atoms with Gasteiger partial charge in [-0.05, 0) is 36.5 Å². The van der Waals surface area contributed by atoms with Gasteiger partial charge in [0, 0.05) is 19.2 Å². The molecule has 0 radical (unpaired) electrons. The number of hydrogen-bond acceptors (Lipinski definition) is 2. The Morgan fingerprint density at radius 3 is 2.55 bits per heavy atom. The number of amides is 1. The largest absolute Gasteiger partial charge is 0.481 e. The predicted molar refractivity (Wildman–Crippen MR) is 76.0 cm³/mol. The fraction of sp³-hybridized carbons (Fsp3) is 0.500. The van der Waals surface area contributed by atoms with Gasteiger partial charge in [-0.25, -0.2) is 0 Å². The normalized spacial score (nSPS) is 19.9. The molecule has 0 aromatic heterocycles. The Morgan fingerprint density at radius 1 is 1.25 bits per heavy atom. The van der Waals surface area contributed by atoms with Crippen LogP contribution in [0.25, 0.3) is 0 Å². The molecule has 1 amide bonds. The summed E-state index contributed by atoms with van der Waals surface area (Å²) < 4.78 is 0. The van der Waals surface area contributed by atoms with Crippen molar-refractivity contribution < 1.29 is 14.7 Å². The van der Waals surface area contributed by atoms with E-state index in [-0.39, 0.29) is 5.91 Å². The molecule has 1 aliphatic heterocycles. The molecule has 4 nitrogen and oxygen atoms in total. The molecule has 4 heteroatoms. The van der Waals surface area contributed by atoms with E-state index < -0.39 is 11.4 Å². The average molecular weight is 273 g/mol. The Bertz CT molecular complexity index is 573. The lowest BCUT2D eigenvalue weighted by Gasteiger charge is -2.26. The summed E-state index contributed by atoms with van der Waals surface area (Å²) >= 11 is 0. The number of carboxylic acids is 1. The zero-order valence-electron chi connectivity index (χ0n) is 11.7. The molecule has 1 aromatic rings. The summed E-state index contributed by atoms with van der Waals surface area (Å²) in [6.45, 7) is 2.26. The lowest BCUT2D eigenvalue weighted by molar-refractivity contribution is -0.143. The topological polar surface area (TPSA) is 57.6 Å². The van der Waals surface area contributed by atoms with Crippen molar-refractivity contribution in [2.45, 2.75) is 44.4 Å². The van der Waals surface area contributed by atoms with Crippen LogP contribution < -0.4 is 4.90 Å². The van der Waals surface area contributed by atoms with Gasteiger partial charge in [-0.1, -0.05) is 25.0 Å². The SMILES string of the molecule is CC(=O)N1CCc2ccc(C3(C(=O)O)CCCC3)cc21. The highest BCUT2D eigenvalue weighted by atomic mass is 16.4. The minimum atomic E-state index is -0.750. The molecule has 106 valence electrons. The number of fused-ring (bicyclic) bond motifs is 1. The monoisotopic (exact) mass is 273 g/mol. The van der Waals surface area contributed by atoms with Crippen LogP contribution in [0.3, 0.4) is 0 Å². The van der Waals surface area contributed by atoms with Gasteiger partial charge >= 0.3 is 5.97 Å². The highest BCUT2D eigenvalue weighted by Gasteiger charge is 2.43. The minimum Gasteiger partial charge on any atom is -0.481 e. The van der Waals surface area contributed by atoms with Crippen molar-refractivity contribution in [3.05, 3.63) is 29.3 Å². The molecule has 1 saturated carbocycles. The van der Waals surface area contributed by atoms with E-state index in [1.807, 2.05) is 18.2 Å². The van der Waals surface area contributed by atoms with E-state index in [0.29, 0.717) is 19.4 Å². The number of hydrogen-bond donors (Lipinski definition) is 1. The molecule has 0 unspecified atom stereocenters. The van der Waals surface area contributed by atoms with Crippen LogP contribution in [0.4, 0.5) is 5.69 Å². The maximum Gasteiger partial charge on any atom is 0.314 e.